The molecule has 0 aliphatic carbocycles. The number of hydrogen-bond donors (Lipinski definition) is 1. The fraction of sp³-hybridized carbons (Fsp3) is 0.375. The molecule has 3 rings (SSSR count). The number of aromatic nitrogens is 2. The van der Waals surface area contributed by atoms with E-state index in [2.05, 4.69) is 20.2 Å². The van der Waals surface area contributed by atoms with Crippen LogP contribution in [0.4, 0.5) is 10.2 Å². The average Bonchev–Trinajstić information content (AvgIpc) is 2.55. The molecule has 0 amide bonds. The summed E-state index contributed by atoms with van der Waals surface area (Å²) in [5.74, 6) is 0.719. The lowest BCUT2D eigenvalue weighted by molar-refractivity contribution is 0.0398. The zero-order valence-corrected chi connectivity index (χ0v) is 13.4. The third-order valence-corrected chi connectivity index (χ3v) is 3.81. The molecule has 0 unspecified atom stereocenters. The minimum Gasteiger partial charge on any atom is -0.379 e. The van der Waals surface area contributed by atoms with Gasteiger partial charge in [0.15, 0.2) is 5.82 Å². The number of nitrogens with one attached hydrogen (secondary N) is 1. The van der Waals surface area contributed by atoms with Crippen molar-refractivity contribution in [1.82, 2.24) is 14.9 Å². The number of anilines is 1. The van der Waals surface area contributed by atoms with Gasteiger partial charge in [0.05, 0.1) is 13.2 Å². The molecule has 1 aromatic heterocycles. The number of benzene rings is 1. The number of nitrogens with zero attached hydrogens (tertiary/aromatic N) is 3. The molecule has 1 aliphatic rings. The van der Waals surface area contributed by atoms with Crippen LogP contribution in [0, 0.1) is 5.82 Å². The van der Waals surface area contributed by atoms with E-state index in [4.69, 9.17) is 16.3 Å². The van der Waals surface area contributed by atoms with E-state index in [1.54, 1.807) is 18.2 Å². The summed E-state index contributed by atoms with van der Waals surface area (Å²) in [6, 6.07) is 7.83. The Labute approximate surface area is 139 Å². The lowest BCUT2D eigenvalue weighted by Gasteiger charge is -2.26. The first kappa shape index (κ1) is 16.1. The van der Waals surface area contributed by atoms with Crippen LogP contribution in [-0.4, -0.2) is 54.3 Å². The summed E-state index contributed by atoms with van der Waals surface area (Å²) < 4.78 is 18.7. The monoisotopic (exact) mass is 336 g/mol. The van der Waals surface area contributed by atoms with Crippen LogP contribution in [-0.2, 0) is 4.74 Å². The Morgan fingerprint density at radius 3 is 2.83 bits per heavy atom. The second-order valence-corrected chi connectivity index (χ2v) is 5.68. The van der Waals surface area contributed by atoms with Gasteiger partial charge in [-0.1, -0.05) is 23.7 Å². The normalized spacial score (nSPS) is 15.6. The first-order valence-electron chi connectivity index (χ1n) is 7.55. The quantitative estimate of drug-likeness (QED) is 0.851. The van der Waals surface area contributed by atoms with Gasteiger partial charge in [-0.15, -0.1) is 0 Å². The molecule has 23 heavy (non-hydrogen) atoms. The topological polar surface area (TPSA) is 50.3 Å². The fourth-order valence-electron chi connectivity index (χ4n) is 2.43. The van der Waals surface area contributed by atoms with Crippen LogP contribution in [0.2, 0.25) is 5.15 Å². The first-order chi connectivity index (χ1) is 11.2. The van der Waals surface area contributed by atoms with Crippen molar-refractivity contribution in [3.63, 3.8) is 0 Å². The highest BCUT2D eigenvalue weighted by Crippen LogP contribution is 2.20. The molecule has 122 valence electrons. The van der Waals surface area contributed by atoms with Gasteiger partial charge >= 0.3 is 0 Å². The minimum absolute atomic E-state index is 0.326. The van der Waals surface area contributed by atoms with Crippen molar-refractivity contribution < 1.29 is 9.13 Å². The summed E-state index contributed by atoms with van der Waals surface area (Å²) in [5, 5.41) is 3.57. The maximum absolute atomic E-state index is 13.3. The van der Waals surface area contributed by atoms with E-state index in [1.165, 1.54) is 12.1 Å². The van der Waals surface area contributed by atoms with Gasteiger partial charge < -0.3 is 10.1 Å². The molecular weight excluding hydrogens is 319 g/mol. The largest absolute Gasteiger partial charge is 0.379 e. The minimum atomic E-state index is -0.326. The van der Waals surface area contributed by atoms with E-state index in [1.807, 2.05) is 0 Å². The Bertz CT molecular complexity index is 664. The Kier molecular flexibility index (Phi) is 5.38. The Balaban J connectivity index is 1.65. The smallest absolute Gasteiger partial charge is 0.163 e. The highest BCUT2D eigenvalue weighted by atomic mass is 35.5. The molecule has 5 nitrogen and oxygen atoms in total. The van der Waals surface area contributed by atoms with Crippen LogP contribution in [0.5, 0.6) is 0 Å². The van der Waals surface area contributed by atoms with Crippen molar-refractivity contribution in [2.45, 2.75) is 0 Å². The Morgan fingerprint density at radius 1 is 1.22 bits per heavy atom. The predicted octanol–water partition coefficient (Wildman–Crippen LogP) is 2.68. The van der Waals surface area contributed by atoms with Gasteiger partial charge in [0, 0.05) is 37.8 Å². The standard InChI is InChI=1S/C16H18ClFN4O/c17-14-11-15(19-4-5-22-6-8-23-9-7-22)21-16(20-14)12-2-1-3-13(18)10-12/h1-3,10-11H,4-9H2,(H,19,20,21). The summed E-state index contributed by atoms with van der Waals surface area (Å²) >= 11 is 6.06. The number of rotatable bonds is 5. The van der Waals surface area contributed by atoms with E-state index in [0.717, 1.165) is 39.4 Å². The van der Waals surface area contributed by atoms with Gasteiger partial charge in [-0.25, -0.2) is 14.4 Å². The third-order valence-electron chi connectivity index (χ3n) is 3.62. The Hall–Kier alpha value is -1.76. The molecule has 0 saturated carbocycles. The second-order valence-electron chi connectivity index (χ2n) is 5.29. The van der Waals surface area contributed by atoms with E-state index < -0.39 is 0 Å². The zero-order chi connectivity index (χ0) is 16.1. The summed E-state index contributed by atoms with van der Waals surface area (Å²) in [6.45, 7) is 5.10. The number of hydrogen-bond acceptors (Lipinski definition) is 5. The molecule has 2 aromatic rings. The van der Waals surface area contributed by atoms with Crippen LogP contribution >= 0.6 is 11.6 Å². The van der Waals surface area contributed by atoms with Crippen LogP contribution in [0.15, 0.2) is 30.3 Å². The van der Waals surface area contributed by atoms with Crippen molar-refractivity contribution in [1.29, 1.82) is 0 Å². The molecule has 1 N–H and O–H groups in total. The molecule has 1 aliphatic heterocycles. The molecular formula is C16H18ClFN4O. The molecule has 0 bridgehead atoms. The molecule has 0 spiro atoms. The molecule has 1 fully saturated rings. The average molecular weight is 337 g/mol. The second kappa shape index (κ2) is 7.68. The van der Waals surface area contributed by atoms with E-state index in [-0.39, 0.29) is 5.82 Å². The van der Waals surface area contributed by atoms with Gasteiger partial charge in [0.1, 0.15) is 16.8 Å². The summed E-state index contributed by atoms with van der Waals surface area (Å²) in [7, 11) is 0. The first-order valence-corrected chi connectivity index (χ1v) is 7.93. The van der Waals surface area contributed by atoms with Crippen molar-refractivity contribution >= 4 is 17.4 Å². The molecule has 7 heteroatoms. The highest BCUT2D eigenvalue weighted by Gasteiger charge is 2.10. The van der Waals surface area contributed by atoms with E-state index in [9.17, 15) is 4.39 Å². The third kappa shape index (κ3) is 4.60. The van der Waals surface area contributed by atoms with Crippen molar-refractivity contribution in [3.05, 3.63) is 41.3 Å². The highest BCUT2D eigenvalue weighted by molar-refractivity contribution is 6.29. The van der Waals surface area contributed by atoms with Crippen LogP contribution in [0.1, 0.15) is 0 Å². The molecule has 0 atom stereocenters. The lowest BCUT2D eigenvalue weighted by Crippen LogP contribution is -2.39. The van der Waals surface area contributed by atoms with Crippen LogP contribution in [0.3, 0.4) is 0 Å². The van der Waals surface area contributed by atoms with E-state index in [0.29, 0.717) is 22.4 Å². The van der Waals surface area contributed by atoms with Crippen LogP contribution < -0.4 is 5.32 Å². The van der Waals surface area contributed by atoms with Crippen molar-refractivity contribution in [2.24, 2.45) is 0 Å². The number of ether oxygens (including phenoxy) is 1. The predicted molar refractivity (Wildman–Crippen MR) is 88.2 cm³/mol. The van der Waals surface area contributed by atoms with Gasteiger partial charge in [0.25, 0.3) is 0 Å². The molecule has 1 aromatic carbocycles. The van der Waals surface area contributed by atoms with Crippen molar-refractivity contribution in [3.8, 4) is 11.4 Å². The van der Waals surface area contributed by atoms with Gasteiger partial charge in [-0.3, -0.25) is 4.90 Å². The summed E-state index contributed by atoms with van der Waals surface area (Å²) in [4.78, 5) is 10.9. The van der Waals surface area contributed by atoms with E-state index >= 15 is 0 Å². The molecule has 1 saturated heterocycles. The number of halogens is 2. The van der Waals surface area contributed by atoms with Gasteiger partial charge in [0.2, 0.25) is 0 Å². The molecule has 0 radical (unpaired) electrons. The summed E-state index contributed by atoms with van der Waals surface area (Å²) in [5.41, 5.74) is 0.601. The molecule has 2 heterocycles. The Morgan fingerprint density at radius 2 is 2.04 bits per heavy atom. The number of morpholine rings is 1. The fourth-order valence-corrected chi connectivity index (χ4v) is 2.62. The maximum atomic E-state index is 13.3. The lowest BCUT2D eigenvalue weighted by atomic mass is 10.2. The van der Waals surface area contributed by atoms with Crippen LogP contribution in [0.25, 0.3) is 11.4 Å². The van der Waals surface area contributed by atoms with Crippen molar-refractivity contribution in [2.75, 3.05) is 44.7 Å². The SMILES string of the molecule is Fc1cccc(-c2nc(Cl)cc(NCCN3CCOCC3)n2)c1. The van der Waals surface area contributed by atoms with Gasteiger partial charge in [-0.2, -0.15) is 0 Å². The zero-order valence-electron chi connectivity index (χ0n) is 12.6. The maximum Gasteiger partial charge on any atom is 0.163 e. The summed E-state index contributed by atoms with van der Waals surface area (Å²) in [6.07, 6.45) is 0. The van der Waals surface area contributed by atoms with Gasteiger partial charge in [-0.05, 0) is 12.1 Å².